The van der Waals surface area contributed by atoms with Crippen LogP contribution in [0.25, 0.3) is 0 Å². The third kappa shape index (κ3) is 5.58. The molecule has 7 heteroatoms. The standard InChI is InChI=1S/C18H26FN3OS.ClH/c1-14(13-24-17-4-2-15(19)3-5-17)18(23)22-9-6-16(12-22)21-10-7-20-8-11-21;/h2-5,14,16,20H,6-13H2,1H3;1H. The van der Waals surface area contributed by atoms with Gasteiger partial charge in [-0.25, -0.2) is 4.39 Å². The number of benzene rings is 1. The number of hydrogen-bond donors (Lipinski definition) is 1. The number of carbonyl (C=O) groups excluding carboxylic acids is 1. The average molecular weight is 388 g/mol. The third-order valence-electron chi connectivity index (χ3n) is 4.88. The number of amides is 1. The van der Waals surface area contributed by atoms with E-state index in [1.54, 1.807) is 23.9 Å². The van der Waals surface area contributed by atoms with Crippen molar-refractivity contribution in [2.75, 3.05) is 45.0 Å². The van der Waals surface area contributed by atoms with E-state index >= 15 is 0 Å². The molecule has 0 aliphatic carbocycles. The molecule has 1 amide bonds. The van der Waals surface area contributed by atoms with Gasteiger partial charge in [-0.2, -0.15) is 0 Å². The molecule has 2 aliphatic rings. The summed E-state index contributed by atoms with van der Waals surface area (Å²) in [6, 6.07) is 7.00. The summed E-state index contributed by atoms with van der Waals surface area (Å²) in [5, 5.41) is 3.38. The topological polar surface area (TPSA) is 35.6 Å². The molecule has 25 heavy (non-hydrogen) atoms. The van der Waals surface area contributed by atoms with E-state index in [1.807, 2.05) is 11.8 Å². The van der Waals surface area contributed by atoms with Gasteiger partial charge in [0.05, 0.1) is 0 Å². The smallest absolute Gasteiger partial charge is 0.226 e. The molecular formula is C18H27ClFN3OS. The van der Waals surface area contributed by atoms with Crippen LogP contribution in [0.1, 0.15) is 13.3 Å². The van der Waals surface area contributed by atoms with Crippen molar-refractivity contribution in [3.05, 3.63) is 30.1 Å². The van der Waals surface area contributed by atoms with E-state index in [2.05, 4.69) is 10.2 Å². The van der Waals surface area contributed by atoms with Gasteiger partial charge in [0.1, 0.15) is 5.82 Å². The molecular weight excluding hydrogens is 361 g/mol. The molecule has 0 aromatic heterocycles. The number of piperazine rings is 1. The van der Waals surface area contributed by atoms with Gasteiger partial charge in [0.15, 0.2) is 0 Å². The molecule has 0 saturated carbocycles. The van der Waals surface area contributed by atoms with Crippen LogP contribution in [0, 0.1) is 11.7 Å². The summed E-state index contributed by atoms with van der Waals surface area (Å²) in [5.41, 5.74) is 0. The molecule has 140 valence electrons. The fourth-order valence-corrected chi connectivity index (χ4v) is 4.34. The van der Waals surface area contributed by atoms with Gasteiger partial charge in [0, 0.05) is 61.9 Å². The van der Waals surface area contributed by atoms with Crippen LogP contribution in [-0.4, -0.2) is 66.8 Å². The van der Waals surface area contributed by atoms with Crippen LogP contribution in [0.5, 0.6) is 0 Å². The lowest BCUT2D eigenvalue weighted by Crippen LogP contribution is -2.49. The second-order valence-electron chi connectivity index (χ2n) is 6.68. The Balaban J connectivity index is 0.00000225. The number of nitrogens with one attached hydrogen (secondary N) is 1. The summed E-state index contributed by atoms with van der Waals surface area (Å²) in [5.74, 6) is 0.753. The van der Waals surface area contributed by atoms with Crippen molar-refractivity contribution in [2.45, 2.75) is 24.3 Å². The van der Waals surface area contributed by atoms with Crippen LogP contribution >= 0.6 is 24.2 Å². The first-order chi connectivity index (χ1) is 11.6. The van der Waals surface area contributed by atoms with Crippen molar-refractivity contribution in [1.29, 1.82) is 0 Å². The second kappa shape index (κ2) is 9.76. The van der Waals surface area contributed by atoms with Crippen LogP contribution in [0.3, 0.4) is 0 Å². The van der Waals surface area contributed by atoms with Crippen molar-refractivity contribution < 1.29 is 9.18 Å². The highest BCUT2D eigenvalue weighted by Gasteiger charge is 2.32. The zero-order chi connectivity index (χ0) is 16.9. The van der Waals surface area contributed by atoms with Crippen molar-refractivity contribution in [1.82, 2.24) is 15.1 Å². The highest BCUT2D eigenvalue weighted by Crippen LogP contribution is 2.24. The summed E-state index contributed by atoms with van der Waals surface area (Å²) >= 11 is 1.62. The first-order valence-electron chi connectivity index (χ1n) is 8.75. The number of halogens is 2. The van der Waals surface area contributed by atoms with Gasteiger partial charge < -0.3 is 10.2 Å². The minimum absolute atomic E-state index is 0. The Morgan fingerprint density at radius 1 is 1.28 bits per heavy atom. The monoisotopic (exact) mass is 387 g/mol. The lowest BCUT2D eigenvalue weighted by molar-refractivity contribution is -0.133. The Morgan fingerprint density at radius 3 is 2.64 bits per heavy atom. The highest BCUT2D eigenvalue weighted by molar-refractivity contribution is 7.99. The predicted octanol–water partition coefficient (Wildman–Crippen LogP) is 2.48. The van der Waals surface area contributed by atoms with E-state index in [-0.39, 0.29) is 30.0 Å². The van der Waals surface area contributed by atoms with Crippen LogP contribution in [0.4, 0.5) is 4.39 Å². The predicted molar refractivity (Wildman–Crippen MR) is 103 cm³/mol. The van der Waals surface area contributed by atoms with Crippen LogP contribution in [0.2, 0.25) is 0 Å². The lowest BCUT2D eigenvalue weighted by atomic mass is 10.2. The third-order valence-corrected chi connectivity index (χ3v) is 6.15. The molecule has 0 spiro atoms. The van der Waals surface area contributed by atoms with Gasteiger partial charge in [0.25, 0.3) is 0 Å². The molecule has 1 aromatic carbocycles. The van der Waals surface area contributed by atoms with Gasteiger partial charge in [-0.1, -0.05) is 6.92 Å². The first kappa shape index (κ1) is 20.5. The van der Waals surface area contributed by atoms with Gasteiger partial charge in [0.2, 0.25) is 5.91 Å². The summed E-state index contributed by atoms with van der Waals surface area (Å²) in [6.45, 7) is 8.01. The van der Waals surface area contributed by atoms with E-state index in [0.717, 1.165) is 56.3 Å². The number of carbonyl (C=O) groups is 1. The van der Waals surface area contributed by atoms with Crippen molar-refractivity contribution in [3.63, 3.8) is 0 Å². The summed E-state index contributed by atoms with van der Waals surface area (Å²) in [6.07, 6.45) is 1.09. The number of thioether (sulfide) groups is 1. The molecule has 0 bridgehead atoms. The SMILES string of the molecule is CC(CSc1ccc(F)cc1)C(=O)N1CCC(N2CCNCC2)C1.Cl. The summed E-state index contributed by atoms with van der Waals surface area (Å²) < 4.78 is 12.9. The zero-order valence-corrected chi connectivity index (χ0v) is 16.3. The van der Waals surface area contributed by atoms with Gasteiger partial charge in [-0.15, -0.1) is 24.2 Å². The normalized spacial score (nSPS) is 22.5. The summed E-state index contributed by atoms with van der Waals surface area (Å²) in [7, 11) is 0. The molecule has 1 aromatic rings. The van der Waals surface area contributed by atoms with Crippen LogP contribution in [0.15, 0.2) is 29.2 Å². The molecule has 4 nitrogen and oxygen atoms in total. The molecule has 2 saturated heterocycles. The van der Waals surface area contributed by atoms with E-state index in [0.29, 0.717) is 6.04 Å². The molecule has 2 atom stereocenters. The molecule has 2 unspecified atom stereocenters. The van der Waals surface area contributed by atoms with Gasteiger partial charge in [-0.3, -0.25) is 9.69 Å². The Bertz CT molecular complexity index is 554. The minimum Gasteiger partial charge on any atom is -0.341 e. The lowest BCUT2D eigenvalue weighted by Gasteiger charge is -2.32. The molecule has 0 radical (unpaired) electrons. The maximum absolute atomic E-state index is 12.9. The van der Waals surface area contributed by atoms with Crippen molar-refractivity contribution >= 4 is 30.1 Å². The van der Waals surface area contributed by atoms with Crippen LogP contribution < -0.4 is 5.32 Å². The Kier molecular flexibility index (Phi) is 8.00. The Labute approximate surface area is 159 Å². The van der Waals surface area contributed by atoms with E-state index in [1.165, 1.54) is 12.1 Å². The molecule has 3 rings (SSSR count). The number of rotatable bonds is 5. The second-order valence-corrected chi connectivity index (χ2v) is 7.77. The van der Waals surface area contributed by atoms with Crippen LogP contribution in [-0.2, 0) is 4.79 Å². The maximum Gasteiger partial charge on any atom is 0.226 e. The zero-order valence-electron chi connectivity index (χ0n) is 14.6. The molecule has 2 aliphatic heterocycles. The quantitative estimate of drug-likeness (QED) is 0.787. The highest BCUT2D eigenvalue weighted by atomic mass is 35.5. The fourth-order valence-electron chi connectivity index (χ4n) is 3.42. The Morgan fingerprint density at radius 2 is 1.96 bits per heavy atom. The molecule has 2 fully saturated rings. The van der Waals surface area contributed by atoms with Gasteiger partial charge >= 0.3 is 0 Å². The van der Waals surface area contributed by atoms with E-state index < -0.39 is 0 Å². The fraction of sp³-hybridized carbons (Fsp3) is 0.611. The number of likely N-dealkylation sites (tertiary alicyclic amines) is 1. The number of hydrogen-bond acceptors (Lipinski definition) is 4. The average Bonchev–Trinajstić information content (AvgIpc) is 3.11. The van der Waals surface area contributed by atoms with Crippen molar-refractivity contribution in [3.8, 4) is 0 Å². The van der Waals surface area contributed by atoms with Gasteiger partial charge in [-0.05, 0) is 30.7 Å². The summed E-state index contributed by atoms with van der Waals surface area (Å²) in [4.78, 5) is 18.2. The first-order valence-corrected chi connectivity index (χ1v) is 9.74. The number of nitrogens with zero attached hydrogens (tertiary/aromatic N) is 2. The van der Waals surface area contributed by atoms with E-state index in [9.17, 15) is 9.18 Å². The van der Waals surface area contributed by atoms with Crippen molar-refractivity contribution in [2.24, 2.45) is 5.92 Å². The minimum atomic E-state index is -0.223. The maximum atomic E-state index is 12.9. The van der Waals surface area contributed by atoms with E-state index in [4.69, 9.17) is 0 Å². The molecule has 1 N–H and O–H groups in total. The molecule has 2 heterocycles. The Hall–Kier alpha value is -0.820. The largest absolute Gasteiger partial charge is 0.341 e.